The zero-order valence-corrected chi connectivity index (χ0v) is 13.1. The maximum absolute atomic E-state index is 12.4. The third kappa shape index (κ3) is 3.59. The zero-order valence-electron chi connectivity index (χ0n) is 12.3. The lowest BCUT2D eigenvalue weighted by molar-refractivity contribution is 0.297. The fraction of sp³-hybridized carbons (Fsp3) is 0.600. The molecule has 2 N–H and O–H groups in total. The second kappa shape index (κ2) is 6.70. The molecule has 1 aliphatic carbocycles. The summed E-state index contributed by atoms with van der Waals surface area (Å²) in [4.78, 5) is 0.402. The van der Waals surface area contributed by atoms with E-state index in [2.05, 4.69) is 10.0 Å². The van der Waals surface area contributed by atoms with Gasteiger partial charge in [-0.05, 0) is 43.5 Å². The van der Waals surface area contributed by atoms with E-state index in [0.29, 0.717) is 18.0 Å². The number of hydrogen-bond donors (Lipinski definition) is 2. The summed E-state index contributed by atoms with van der Waals surface area (Å²) in [7, 11) is -1.53. The van der Waals surface area contributed by atoms with Gasteiger partial charge in [0.15, 0.2) is 0 Å². The monoisotopic (exact) mass is 296 g/mol. The Labute approximate surface area is 122 Å². The summed E-state index contributed by atoms with van der Waals surface area (Å²) in [5, 5.41) is 3.06. The lowest BCUT2D eigenvalue weighted by Crippen LogP contribution is -2.28. The molecule has 2 rings (SSSR count). The van der Waals surface area contributed by atoms with Crippen molar-refractivity contribution in [3.8, 4) is 0 Å². The molecule has 1 saturated carbocycles. The first-order chi connectivity index (χ1) is 9.54. The standard InChI is InChI=1S/C15H24N2O2S/c1-12-14(11-16-2)7-4-8-15(12)20(18,19)17-10-9-13-5-3-6-13/h4,7-8,13,16-17H,3,5-6,9-11H2,1-2H3. The Morgan fingerprint density at radius 1 is 1.30 bits per heavy atom. The van der Waals surface area contributed by atoms with E-state index < -0.39 is 10.0 Å². The molecule has 0 saturated heterocycles. The van der Waals surface area contributed by atoms with Gasteiger partial charge in [0.1, 0.15) is 0 Å². The highest BCUT2D eigenvalue weighted by Gasteiger charge is 2.20. The molecule has 0 spiro atoms. The summed E-state index contributed by atoms with van der Waals surface area (Å²) in [6.07, 6.45) is 4.74. The SMILES string of the molecule is CNCc1cccc(S(=O)(=O)NCCC2CCC2)c1C. The van der Waals surface area contributed by atoms with Crippen LogP contribution in [0.5, 0.6) is 0 Å². The van der Waals surface area contributed by atoms with Crippen LogP contribution in [-0.4, -0.2) is 22.0 Å². The number of hydrogen-bond acceptors (Lipinski definition) is 3. The maximum atomic E-state index is 12.4. The largest absolute Gasteiger partial charge is 0.316 e. The minimum atomic E-state index is -3.39. The fourth-order valence-electron chi connectivity index (χ4n) is 2.59. The van der Waals surface area contributed by atoms with Crippen LogP contribution < -0.4 is 10.0 Å². The van der Waals surface area contributed by atoms with Crippen LogP contribution in [-0.2, 0) is 16.6 Å². The Morgan fingerprint density at radius 2 is 2.05 bits per heavy atom. The molecule has 0 atom stereocenters. The second-order valence-corrected chi connectivity index (χ2v) is 7.29. The van der Waals surface area contributed by atoms with E-state index in [0.717, 1.165) is 23.5 Å². The number of nitrogens with one attached hydrogen (secondary N) is 2. The van der Waals surface area contributed by atoms with Gasteiger partial charge in [-0.15, -0.1) is 0 Å². The van der Waals surface area contributed by atoms with Gasteiger partial charge in [-0.3, -0.25) is 0 Å². The molecule has 1 aromatic rings. The van der Waals surface area contributed by atoms with E-state index in [-0.39, 0.29) is 0 Å². The average Bonchev–Trinajstić information content (AvgIpc) is 2.35. The first-order valence-electron chi connectivity index (χ1n) is 7.27. The predicted molar refractivity (Wildman–Crippen MR) is 81.1 cm³/mol. The van der Waals surface area contributed by atoms with Gasteiger partial charge < -0.3 is 5.32 Å². The minimum Gasteiger partial charge on any atom is -0.316 e. The molecule has 1 aliphatic rings. The molecular formula is C15H24N2O2S. The van der Waals surface area contributed by atoms with Crippen LogP contribution >= 0.6 is 0 Å². The molecule has 0 aromatic heterocycles. The summed E-state index contributed by atoms with van der Waals surface area (Å²) >= 11 is 0. The van der Waals surface area contributed by atoms with Gasteiger partial charge in [-0.2, -0.15) is 0 Å². The van der Waals surface area contributed by atoms with Gasteiger partial charge >= 0.3 is 0 Å². The Balaban J connectivity index is 2.05. The normalized spacial score (nSPS) is 16.1. The van der Waals surface area contributed by atoms with Crippen molar-refractivity contribution < 1.29 is 8.42 Å². The van der Waals surface area contributed by atoms with Crippen LogP contribution in [0, 0.1) is 12.8 Å². The second-order valence-electron chi connectivity index (χ2n) is 5.55. The Bertz CT molecular complexity index is 551. The first kappa shape index (κ1) is 15.5. The van der Waals surface area contributed by atoms with Crippen LogP contribution in [0.15, 0.2) is 23.1 Å². The van der Waals surface area contributed by atoms with Gasteiger partial charge in [0, 0.05) is 13.1 Å². The van der Waals surface area contributed by atoms with Crippen molar-refractivity contribution in [3.63, 3.8) is 0 Å². The topological polar surface area (TPSA) is 58.2 Å². The average molecular weight is 296 g/mol. The quantitative estimate of drug-likeness (QED) is 0.811. The molecule has 20 heavy (non-hydrogen) atoms. The van der Waals surface area contributed by atoms with E-state index in [9.17, 15) is 8.42 Å². The van der Waals surface area contributed by atoms with Crippen molar-refractivity contribution in [1.29, 1.82) is 0 Å². The molecule has 4 nitrogen and oxygen atoms in total. The smallest absolute Gasteiger partial charge is 0.240 e. The highest BCUT2D eigenvalue weighted by atomic mass is 32.2. The van der Waals surface area contributed by atoms with E-state index in [1.165, 1.54) is 19.3 Å². The van der Waals surface area contributed by atoms with Crippen molar-refractivity contribution in [2.75, 3.05) is 13.6 Å². The van der Waals surface area contributed by atoms with Crippen LogP contribution in [0.25, 0.3) is 0 Å². The molecule has 0 radical (unpaired) electrons. The lowest BCUT2D eigenvalue weighted by atomic mass is 9.83. The summed E-state index contributed by atoms with van der Waals surface area (Å²) in [5.74, 6) is 0.717. The van der Waals surface area contributed by atoms with Gasteiger partial charge in [0.25, 0.3) is 0 Å². The van der Waals surface area contributed by atoms with Gasteiger partial charge in [-0.1, -0.05) is 31.4 Å². The van der Waals surface area contributed by atoms with Crippen molar-refractivity contribution in [2.24, 2.45) is 5.92 Å². The van der Waals surface area contributed by atoms with Crippen molar-refractivity contribution in [3.05, 3.63) is 29.3 Å². The number of benzene rings is 1. The highest BCUT2D eigenvalue weighted by Crippen LogP contribution is 2.29. The predicted octanol–water partition coefficient (Wildman–Crippen LogP) is 2.18. The van der Waals surface area contributed by atoms with Crippen molar-refractivity contribution in [2.45, 2.75) is 44.0 Å². The van der Waals surface area contributed by atoms with E-state index >= 15 is 0 Å². The zero-order chi connectivity index (χ0) is 14.6. The Morgan fingerprint density at radius 3 is 2.65 bits per heavy atom. The molecule has 0 aliphatic heterocycles. The van der Waals surface area contributed by atoms with Crippen LogP contribution in [0.3, 0.4) is 0 Å². The van der Waals surface area contributed by atoms with Gasteiger partial charge in [-0.25, -0.2) is 13.1 Å². The van der Waals surface area contributed by atoms with E-state index in [1.807, 2.05) is 20.0 Å². The Hall–Kier alpha value is -0.910. The summed E-state index contributed by atoms with van der Waals surface area (Å²) in [6.45, 7) is 3.09. The summed E-state index contributed by atoms with van der Waals surface area (Å²) in [6, 6.07) is 5.44. The molecule has 0 amide bonds. The lowest BCUT2D eigenvalue weighted by Gasteiger charge is -2.25. The maximum Gasteiger partial charge on any atom is 0.240 e. The Kier molecular flexibility index (Phi) is 5.18. The van der Waals surface area contributed by atoms with Crippen molar-refractivity contribution in [1.82, 2.24) is 10.0 Å². The van der Waals surface area contributed by atoms with Crippen LogP contribution in [0.4, 0.5) is 0 Å². The fourth-order valence-corrected chi connectivity index (χ4v) is 3.92. The van der Waals surface area contributed by atoms with Gasteiger partial charge in [0.2, 0.25) is 10.0 Å². The molecular weight excluding hydrogens is 272 g/mol. The molecule has 5 heteroatoms. The number of sulfonamides is 1. The molecule has 1 aromatic carbocycles. The minimum absolute atomic E-state index is 0.402. The highest BCUT2D eigenvalue weighted by molar-refractivity contribution is 7.89. The van der Waals surface area contributed by atoms with E-state index in [1.54, 1.807) is 12.1 Å². The first-order valence-corrected chi connectivity index (χ1v) is 8.75. The molecule has 0 bridgehead atoms. The molecule has 112 valence electrons. The number of rotatable bonds is 7. The third-order valence-corrected chi connectivity index (χ3v) is 5.73. The molecule has 0 unspecified atom stereocenters. The van der Waals surface area contributed by atoms with Gasteiger partial charge in [0.05, 0.1) is 4.90 Å². The summed E-state index contributed by atoms with van der Waals surface area (Å²) in [5.41, 5.74) is 1.85. The molecule has 1 fully saturated rings. The van der Waals surface area contributed by atoms with Crippen molar-refractivity contribution >= 4 is 10.0 Å². The van der Waals surface area contributed by atoms with E-state index in [4.69, 9.17) is 0 Å². The molecule has 0 heterocycles. The van der Waals surface area contributed by atoms with Crippen LogP contribution in [0.2, 0.25) is 0 Å². The third-order valence-electron chi connectivity index (χ3n) is 4.12. The summed E-state index contributed by atoms with van der Waals surface area (Å²) < 4.78 is 27.5. The van der Waals surface area contributed by atoms with Crippen LogP contribution in [0.1, 0.15) is 36.8 Å².